The standard InChI is InChI=1S/C55H56N4Si2.C44H30N4/c1-35(2)49-32-51(58(40-22-17-38(34-56)18-23-40)42-14-13-15-44(30-42)60(7,8)9)47-28-26-46-50(36(3)4)33-52(48-29-27-45(49)54(47)55(46)48)59(41-24-19-39(57-6)20-25-41)43-21-16-37(5)53(31-43)61(10,11)12;1-29-4-16-35(17-5-29)47(37-20-8-31(28-45)9-21-37)41-26-12-32-11-25-40-42(27-13-33-10-24-39(41)43(32)44(33)40)48(36-18-6-30(2)7-19-36)38-22-14-34(46-3)15-23-38/h13-33,35-36H,1-5,7-12H3;4-27H,1-2H3. The van der Waals surface area contributed by atoms with Gasteiger partial charge >= 0.3 is 0 Å². The van der Waals surface area contributed by atoms with Crippen LogP contribution in [0.3, 0.4) is 0 Å². The fourth-order valence-corrected chi connectivity index (χ4v) is 19.0. The summed E-state index contributed by atoms with van der Waals surface area (Å²) in [6.45, 7) is 45.4. The summed E-state index contributed by atoms with van der Waals surface area (Å²) in [5.41, 5.74) is 21.6. The summed E-state index contributed by atoms with van der Waals surface area (Å²) in [4.78, 5) is 16.8. The molecule has 10 heteroatoms. The molecule has 530 valence electrons. The third-order valence-corrected chi connectivity index (χ3v) is 25.8. The van der Waals surface area contributed by atoms with Gasteiger partial charge in [-0.1, -0.05) is 221 Å². The molecule has 16 rings (SSSR count). The van der Waals surface area contributed by atoms with Gasteiger partial charge in [-0.15, -0.1) is 0 Å². The number of anilines is 12. The summed E-state index contributed by atoms with van der Waals surface area (Å²) >= 11 is 0. The third-order valence-electron chi connectivity index (χ3n) is 21.6. The maximum absolute atomic E-state index is 9.80. The van der Waals surface area contributed by atoms with Crippen LogP contribution in [0.5, 0.6) is 0 Å². The van der Waals surface area contributed by atoms with E-state index in [1.54, 1.807) is 0 Å². The first-order chi connectivity index (χ1) is 52.5. The minimum absolute atomic E-state index is 0.258. The Morgan fingerprint density at radius 1 is 0.321 bits per heavy atom. The zero-order chi connectivity index (χ0) is 76.3. The second kappa shape index (κ2) is 28.8. The van der Waals surface area contributed by atoms with Crippen molar-refractivity contribution < 1.29 is 0 Å². The number of nitriles is 2. The lowest BCUT2D eigenvalue weighted by Crippen LogP contribution is -2.39. The number of benzene rings is 16. The molecule has 0 saturated heterocycles. The lowest BCUT2D eigenvalue weighted by atomic mass is 9.84. The van der Waals surface area contributed by atoms with E-state index in [2.05, 4.69) is 329 Å². The zero-order valence-corrected chi connectivity index (χ0v) is 66.2. The molecule has 0 amide bonds. The molecule has 0 aliphatic rings. The first kappa shape index (κ1) is 71.8. The Morgan fingerprint density at radius 3 is 1.02 bits per heavy atom. The van der Waals surface area contributed by atoms with Crippen LogP contribution in [0.25, 0.3) is 74.3 Å². The van der Waals surface area contributed by atoms with Gasteiger partial charge < -0.3 is 19.6 Å². The monoisotopic (exact) mass is 1440 g/mol. The molecule has 0 atom stereocenters. The molecule has 0 fully saturated rings. The lowest BCUT2D eigenvalue weighted by molar-refractivity contribution is 0.875. The van der Waals surface area contributed by atoms with E-state index in [1.807, 2.05) is 72.8 Å². The van der Waals surface area contributed by atoms with Gasteiger partial charge in [0.05, 0.1) is 75.3 Å². The van der Waals surface area contributed by atoms with Crippen molar-refractivity contribution in [2.24, 2.45) is 0 Å². The molecule has 0 N–H and O–H groups in total. The predicted molar refractivity (Wildman–Crippen MR) is 469 cm³/mol. The fourth-order valence-electron chi connectivity index (χ4n) is 16.0. The summed E-state index contributed by atoms with van der Waals surface area (Å²) in [6.07, 6.45) is 0. The van der Waals surface area contributed by atoms with Gasteiger partial charge in [0.1, 0.15) is 0 Å². The molecule has 0 bridgehead atoms. The van der Waals surface area contributed by atoms with Gasteiger partial charge in [-0.2, -0.15) is 10.5 Å². The van der Waals surface area contributed by atoms with Crippen molar-refractivity contribution in [1.29, 1.82) is 10.5 Å². The van der Waals surface area contributed by atoms with Crippen LogP contribution >= 0.6 is 0 Å². The molecule has 0 unspecified atom stereocenters. The molecule has 0 spiro atoms. The first-order valence-corrected chi connectivity index (χ1v) is 44.5. The van der Waals surface area contributed by atoms with Gasteiger partial charge in [0.15, 0.2) is 11.4 Å². The van der Waals surface area contributed by atoms with Crippen molar-refractivity contribution in [3.63, 3.8) is 0 Å². The summed E-state index contributed by atoms with van der Waals surface area (Å²) in [5, 5.41) is 36.7. The van der Waals surface area contributed by atoms with Crippen LogP contribution in [-0.2, 0) is 0 Å². The normalized spacial score (nSPS) is 11.7. The van der Waals surface area contributed by atoms with Gasteiger partial charge in [-0.25, -0.2) is 9.69 Å². The van der Waals surface area contributed by atoms with E-state index in [0.717, 1.165) is 79.0 Å². The fraction of sp³-hybridized carbons (Fsp3) is 0.152. The molecule has 16 aromatic rings. The minimum Gasteiger partial charge on any atom is -0.310 e. The SMILES string of the molecule is [C-]#[N+]c1ccc(N(c2ccc(C)c([Si](C)(C)C)c2)c2cc(C(C)C)c3ccc4c(N(c5ccc(C#N)cc5)c5cccc([Si](C)(C)C)c5)cc(C(C)C)c5ccc2c3c54)cc1.[C-]#[N+]c1ccc(N(c2ccc(C)cc2)c2ccc3ccc4c(N(c5ccc(C)cc5)c5ccc(C#N)cc5)ccc5ccc2c3c54)cc1. The van der Waals surface area contributed by atoms with Crippen LogP contribution in [0, 0.1) is 56.6 Å². The minimum atomic E-state index is -1.70. The average Bonchev–Trinajstić information content (AvgIpc) is 0.710. The molecule has 0 radical (unpaired) electrons. The Hall–Kier alpha value is -12.8. The van der Waals surface area contributed by atoms with E-state index >= 15 is 0 Å². The van der Waals surface area contributed by atoms with Crippen molar-refractivity contribution in [2.45, 2.75) is 99.6 Å². The van der Waals surface area contributed by atoms with Gasteiger partial charge in [0, 0.05) is 67.0 Å². The Bertz CT molecular complexity index is 6140. The molecule has 0 aliphatic carbocycles. The molecule has 8 nitrogen and oxygen atoms in total. The molecule has 0 saturated carbocycles. The van der Waals surface area contributed by atoms with Crippen molar-refractivity contribution in [1.82, 2.24) is 0 Å². The Balaban J connectivity index is 0.000000178. The van der Waals surface area contributed by atoms with Crippen LogP contribution in [0.15, 0.2) is 273 Å². The molecular weight excluding hydrogens is 1360 g/mol. The van der Waals surface area contributed by atoms with E-state index in [9.17, 15) is 10.5 Å². The number of hydrogen-bond acceptors (Lipinski definition) is 6. The van der Waals surface area contributed by atoms with Gasteiger partial charge in [-0.05, 0) is 232 Å². The summed E-state index contributed by atoms with van der Waals surface area (Å²) in [6, 6.07) is 102. The molecule has 109 heavy (non-hydrogen) atoms. The van der Waals surface area contributed by atoms with Crippen LogP contribution in [0.1, 0.15) is 78.5 Å². The van der Waals surface area contributed by atoms with E-state index in [1.165, 1.54) is 92.1 Å². The maximum Gasteiger partial charge on any atom is 0.187 e. The molecular formula is C99H86N8Si2. The van der Waals surface area contributed by atoms with Crippen LogP contribution in [0.4, 0.5) is 79.6 Å². The number of hydrogen-bond donors (Lipinski definition) is 0. The highest BCUT2D eigenvalue weighted by molar-refractivity contribution is 6.89. The largest absolute Gasteiger partial charge is 0.310 e. The van der Waals surface area contributed by atoms with E-state index in [4.69, 9.17) is 13.1 Å². The van der Waals surface area contributed by atoms with Crippen molar-refractivity contribution in [3.8, 4) is 12.1 Å². The molecule has 0 aromatic heterocycles. The quantitative estimate of drug-likeness (QED) is 0.0545. The van der Waals surface area contributed by atoms with Gasteiger partial charge in [-0.3, -0.25) is 0 Å². The highest BCUT2D eigenvalue weighted by Gasteiger charge is 2.30. The second-order valence-electron chi connectivity index (χ2n) is 31.6. The van der Waals surface area contributed by atoms with Crippen LogP contribution in [-0.4, -0.2) is 16.1 Å². The van der Waals surface area contributed by atoms with Gasteiger partial charge in [0.25, 0.3) is 0 Å². The van der Waals surface area contributed by atoms with Crippen LogP contribution in [0.2, 0.25) is 39.3 Å². The second-order valence-corrected chi connectivity index (χ2v) is 41.7. The summed E-state index contributed by atoms with van der Waals surface area (Å²) < 4.78 is 0. The molecule has 16 aromatic carbocycles. The highest BCUT2D eigenvalue weighted by Crippen LogP contribution is 2.53. The molecule has 0 heterocycles. The van der Waals surface area contributed by atoms with Crippen molar-refractivity contribution in [3.05, 3.63) is 335 Å². The van der Waals surface area contributed by atoms with Crippen LogP contribution < -0.4 is 30.0 Å². The average molecular weight is 1440 g/mol. The van der Waals surface area contributed by atoms with E-state index < -0.39 is 16.1 Å². The molecule has 0 aliphatic heterocycles. The Kier molecular flexibility index (Phi) is 19.0. The Morgan fingerprint density at radius 2 is 0.651 bits per heavy atom. The van der Waals surface area contributed by atoms with Gasteiger partial charge in [0.2, 0.25) is 0 Å². The highest BCUT2D eigenvalue weighted by atomic mass is 28.3. The van der Waals surface area contributed by atoms with Crippen molar-refractivity contribution >= 4 is 171 Å². The number of nitrogens with zero attached hydrogens (tertiary/aromatic N) is 8. The summed E-state index contributed by atoms with van der Waals surface area (Å²) in [7, 11) is -3.36. The van der Waals surface area contributed by atoms with Crippen molar-refractivity contribution in [2.75, 3.05) is 19.6 Å². The summed E-state index contributed by atoms with van der Waals surface area (Å²) in [5.74, 6) is 0.516. The number of rotatable bonds is 16. The topological polar surface area (TPSA) is 69.3 Å². The maximum atomic E-state index is 9.80. The predicted octanol–water partition coefficient (Wildman–Crippen LogP) is 28.2. The third kappa shape index (κ3) is 13.4. The first-order valence-electron chi connectivity index (χ1n) is 37.5. The Labute approximate surface area is 643 Å². The lowest BCUT2D eigenvalue weighted by Gasteiger charge is -2.32. The zero-order valence-electron chi connectivity index (χ0n) is 64.2. The van der Waals surface area contributed by atoms with E-state index in [0.29, 0.717) is 22.5 Å². The number of aryl methyl sites for hydroxylation is 3. The smallest absolute Gasteiger partial charge is 0.187 e. The van der Waals surface area contributed by atoms with E-state index in [-0.39, 0.29) is 11.8 Å².